The van der Waals surface area contributed by atoms with Gasteiger partial charge in [0.05, 0.1) is 12.5 Å². The molecule has 5 rings (SSSR count). The minimum Gasteiger partial charge on any atom is -0.481 e. The number of rotatable bonds is 12. The fourth-order valence-corrected chi connectivity index (χ4v) is 7.35. The molecule has 2 bridgehead atoms. The summed E-state index contributed by atoms with van der Waals surface area (Å²) >= 11 is 0. The van der Waals surface area contributed by atoms with Crippen LogP contribution in [0.3, 0.4) is 0 Å². The van der Waals surface area contributed by atoms with Gasteiger partial charge in [-0.2, -0.15) is 0 Å². The number of amides is 3. The van der Waals surface area contributed by atoms with Crippen LogP contribution in [-0.4, -0.2) is 52.2 Å². The van der Waals surface area contributed by atoms with Crippen molar-refractivity contribution in [1.82, 2.24) is 20.9 Å². The molecule has 2 fully saturated rings. The van der Waals surface area contributed by atoms with Crippen LogP contribution in [0.2, 0.25) is 0 Å². The number of carboxylic acid groups (broad SMARTS) is 1. The van der Waals surface area contributed by atoms with Gasteiger partial charge in [0.15, 0.2) is 0 Å². The lowest BCUT2D eigenvalue weighted by atomic mass is 9.70. The number of hydrogen-bond acceptors (Lipinski definition) is 5. The van der Waals surface area contributed by atoms with Gasteiger partial charge in [0, 0.05) is 41.9 Å². The highest BCUT2D eigenvalue weighted by Gasteiger charge is 2.63. The summed E-state index contributed by atoms with van der Waals surface area (Å²) in [5, 5.41) is 18.7. The molecular weight excluding hydrogens is 572 g/mol. The van der Waals surface area contributed by atoms with Gasteiger partial charge in [-0.25, -0.2) is 4.79 Å². The lowest BCUT2D eigenvalue weighted by Gasteiger charge is -2.39. The van der Waals surface area contributed by atoms with Crippen molar-refractivity contribution >= 4 is 34.8 Å². The Morgan fingerprint density at radius 2 is 1.76 bits per heavy atom. The first kappa shape index (κ1) is 32.1. The van der Waals surface area contributed by atoms with E-state index >= 15 is 0 Å². The van der Waals surface area contributed by atoms with Crippen LogP contribution >= 0.6 is 0 Å². The molecule has 0 radical (unpaired) electrons. The van der Waals surface area contributed by atoms with E-state index in [0.717, 1.165) is 41.3 Å². The van der Waals surface area contributed by atoms with Gasteiger partial charge in [0.25, 0.3) is 0 Å². The summed E-state index contributed by atoms with van der Waals surface area (Å²) in [5.74, 6) is -1.46. The molecular formula is C35H44N4O6. The van der Waals surface area contributed by atoms with Gasteiger partial charge in [0.1, 0.15) is 11.6 Å². The number of carbonyl (C=O) groups is 4. The van der Waals surface area contributed by atoms with Gasteiger partial charge in [0.2, 0.25) is 11.8 Å². The van der Waals surface area contributed by atoms with E-state index in [1.165, 1.54) is 0 Å². The number of nitrogens with one attached hydrogen (secondary N) is 4. The molecule has 3 amide bonds. The van der Waals surface area contributed by atoms with Gasteiger partial charge in [-0.05, 0) is 54.7 Å². The molecule has 2 saturated carbocycles. The fraction of sp³-hybridized carbons (Fsp3) is 0.486. The lowest BCUT2D eigenvalue weighted by molar-refractivity contribution is -0.138. The van der Waals surface area contributed by atoms with Crippen molar-refractivity contribution in [1.29, 1.82) is 0 Å². The lowest BCUT2D eigenvalue weighted by Crippen LogP contribution is -2.59. The second kappa shape index (κ2) is 12.6. The van der Waals surface area contributed by atoms with Gasteiger partial charge in [-0.15, -0.1) is 0 Å². The number of benzene rings is 2. The fourth-order valence-electron chi connectivity index (χ4n) is 7.35. The monoisotopic (exact) mass is 616 g/mol. The second-order valence-electron chi connectivity index (χ2n) is 13.6. The first-order valence-corrected chi connectivity index (χ1v) is 15.7. The first-order chi connectivity index (χ1) is 21.3. The molecule has 0 spiro atoms. The second-order valence-corrected chi connectivity index (χ2v) is 13.6. The molecule has 2 aliphatic carbocycles. The van der Waals surface area contributed by atoms with E-state index in [-0.39, 0.29) is 42.7 Å². The predicted molar refractivity (Wildman–Crippen MR) is 170 cm³/mol. The van der Waals surface area contributed by atoms with Crippen molar-refractivity contribution in [2.45, 2.75) is 83.9 Å². The Balaban J connectivity index is 1.35. The van der Waals surface area contributed by atoms with Crippen molar-refractivity contribution in [3.05, 3.63) is 71.9 Å². The van der Waals surface area contributed by atoms with Crippen molar-refractivity contribution < 1.29 is 29.0 Å². The van der Waals surface area contributed by atoms with E-state index in [1.54, 1.807) is 6.92 Å². The van der Waals surface area contributed by atoms with Gasteiger partial charge in [-0.3, -0.25) is 14.4 Å². The number of aliphatic carboxylic acids is 1. The Morgan fingerprint density at radius 1 is 1.04 bits per heavy atom. The third kappa shape index (κ3) is 6.55. The number of hydrogen-bond donors (Lipinski definition) is 5. The molecule has 5 atom stereocenters. The van der Waals surface area contributed by atoms with Crippen molar-refractivity contribution in [2.75, 3.05) is 6.54 Å². The highest BCUT2D eigenvalue weighted by atomic mass is 16.6. The molecule has 2 aromatic carbocycles. The van der Waals surface area contributed by atoms with Crippen LogP contribution in [0.5, 0.6) is 0 Å². The maximum Gasteiger partial charge on any atom is 0.408 e. The number of fused-ring (bicyclic) bond motifs is 3. The van der Waals surface area contributed by atoms with Gasteiger partial charge < -0.3 is 30.8 Å². The average Bonchev–Trinajstić information content (AvgIpc) is 3.57. The Kier molecular flexibility index (Phi) is 8.96. The van der Waals surface area contributed by atoms with Gasteiger partial charge in [-0.1, -0.05) is 69.3 Å². The smallest absolute Gasteiger partial charge is 0.408 e. The molecule has 10 heteroatoms. The Morgan fingerprint density at radius 3 is 2.42 bits per heavy atom. The molecule has 3 aromatic rings. The van der Waals surface area contributed by atoms with Crippen LogP contribution in [0.25, 0.3) is 10.9 Å². The van der Waals surface area contributed by atoms with Crippen molar-refractivity contribution in [3.63, 3.8) is 0 Å². The van der Waals surface area contributed by atoms with Crippen LogP contribution in [0, 0.1) is 16.7 Å². The van der Waals surface area contributed by atoms with E-state index in [4.69, 9.17) is 9.84 Å². The standard InChI is InChI=1S/C35H44N4O6/c1-33(2)24-16-17-34(33,3)28(18-24)45-32(44)39-35(4,19-23-20-36-26-13-9-8-12-25(23)26)31(43)37-21-27(22-10-6-5-7-11-22)38-29(40)14-15-30(41)42/h5-13,20,24,27-28,36H,14-19,21H2,1-4H3,(H,37,43)(H,38,40)(H,39,44)(H,41,42). The Bertz CT molecular complexity index is 1570. The molecule has 1 aromatic heterocycles. The molecule has 10 nitrogen and oxygen atoms in total. The number of aromatic nitrogens is 1. The minimum atomic E-state index is -1.40. The third-order valence-electron chi connectivity index (χ3n) is 10.6. The summed E-state index contributed by atoms with van der Waals surface area (Å²) in [4.78, 5) is 54.4. The summed E-state index contributed by atoms with van der Waals surface area (Å²) < 4.78 is 6.09. The van der Waals surface area contributed by atoms with E-state index in [1.807, 2.05) is 60.8 Å². The zero-order chi connectivity index (χ0) is 32.4. The number of carbonyl (C=O) groups excluding carboxylic acids is 3. The van der Waals surface area contributed by atoms with Crippen LogP contribution in [0.4, 0.5) is 4.79 Å². The summed E-state index contributed by atoms with van der Waals surface area (Å²) in [6, 6.07) is 16.3. The molecule has 0 saturated heterocycles. The Labute approximate surface area is 263 Å². The van der Waals surface area contributed by atoms with E-state index in [0.29, 0.717) is 5.92 Å². The number of aromatic amines is 1. The average molecular weight is 617 g/mol. The summed E-state index contributed by atoms with van der Waals surface area (Å²) in [5.41, 5.74) is 1.06. The molecule has 5 N–H and O–H groups in total. The zero-order valence-corrected chi connectivity index (χ0v) is 26.4. The number of ether oxygens (including phenoxy) is 1. The summed E-state index contributed by atoms with van der Waals surface area (Å²) in [6.07, 6.45) is 3.60. The van der Waals surface area contributed by atoms with Crippen LogP contribution in [0.15, 0.2) is 60.8 Å². The van der Waals surface area contributed by atoms with Crippen LogP contribution < -0.4 is 16.0 Å². The van der Waals surface area contributed by atoms with Crippen LogP contribution in [-0.2, 0) is 25.5 Å². The number of carboxylic acids is 1. The third-order valence-corrected chi connectivity index (χ3v) is 10.6. The van der Waals surface area contributed by atoms with E-state index in [9.17, 15) is 19.2 Å². The SMILES string of the molecule is CC(Cc1c[nH]c2ccccc12)(NC(=O)OC1CC2CCC1(C)C2(C)C)C(=O)NCC(NC(=O)CCC(=O)O)c1ccccc1. The maximum atomic E-state index is 14.0. The molecule has 2 aliphatic rings. The number of para-hydroxylation sites is 1. The quantitative estimate of drug-likeness (QED) is 0.188. The molecule has 5 unspecified atom stereocenters. The highest BCUT2D eigenvalue weighted by Crippen LogP contribution is 2.66. The van der Waals surface area contributed by atoms with Crippen molar-refractivity contribution in [2.24, 2.45) is 16.7 Å². The van der Waals surface area contributed by atoms with E-state index < -0.39 is 35.5 Å². The summed E-state index contributed by atoms with van der Waals surface area (Å²) in [7, 11) is 0. The molecule has 0 aliphatic heterocycles. The minimum absolute atomic E-state index is 0.0262. The zero-order valence-electron chi connectivity index (χ0n) is 26.4. The number of H-pyrrole nitrogens is 1. The van der Waals surface area contributed by atoms with Crippen LogP contribution in [0.1, 0.15) is 77.0 Å². The van der Waals surface area contributed by atoms with Crippen molar-refractivity contribution in [3.8, 4) is 0 Å². The normalized spacial score (nSPS) is 23.6. The van der Waals surface area contributed by atoms with Gasteiger partial charge >= 0.3 is 12.1 Å². The summed E-state index contributed by atoms with van der Waals surface area (Å²) in [6.45, 7) is 8.41. The molecule has 45 heavy (non-hydrogen) atoms. The molecule has 240 valence electrons. The predicted octanol–water partition coefficient (Wildman–Crippen LogP) is 5.25. The largest absolute Gasteiger partial charge is 0.481 e. The topological polar surface area (TPSA) is 150 Å². The number of alkyl carbamates (subject to hydrolysis) is 1. The maximum absolute atomic E-state index is 14.0. The first-order valence-electron chi connectivity index (χ1n) is 15.7. The Hall–Kier alpha value is -4.34. The van der Waals surface area contributed by atoms with E-state index in [2.05, 4.69) is 41.7 Å². The highest BCUT2D eigenvalue weighted by molar-refractivity contribution is 5.91. The molecule has 1 heterocycles.